The Morgan fingerprint density at radius 3 is 2.54 bits per heavy atom. The van der Waals surface area contributed by atoms with E-state index in [0.29, 0.717) is 11.3 Å². The monoisotopic (exact) mass is 379 g/mol. The van der Waals surface area contributed by atoms with Gasteiger partial charge in [0.25, 0.3) is 0 Å². The van der Waals surface area contributed by atoms with Crippen LogP contribution < -0.4 is 5.43 Å². The number of fused-ring (bicyclic) bond motifs is 1. The maximum atomic E-state index is 5.92. The summed E-state index contributed by atoms with van der Waals surface area (Å²) in [6.45, 7) is 1.98. The van der Waals surface area contributed by atoms with Crippen molar-refractivity contribution < 1.29 is 0 Å². The van der Waals surface area contributed by atoms with Gasteiger partial charge in [-0.1, -0.05) is 46.4 Å². The molecule has 3 rings (SSSR count). The average Bonchev–Trinajstić information content (AvgIpc) is 2.55. The van der Waals surface area contributed by atoms with E-state index in [9.17, 15) is 0 Å². The summed E-state index contributed by atoms with van der Waals surface area (Å²) in [5.74, 6) is 0.556. The fourth-order valence-corrected chi connectivity index (χ4v) is 2.33. The molecule has 1 N–H and O–H groups in total. The molecule has 8 heteroatoms. The molecule has 0 unspecified atom stereocenters. The van der Waals surface area contributed by atoms with Crippen molar-refractivity contribution in [3.05, 3.63) is 59.7 Å². The molecule has 1 aromatic carbocycles. The van der Waals surface area contributed by atoms with Gasteiger partial charge in [-0.15, -0.1) is 0 Å². The van der Waals surface area contributed by atoms with Crippen LogP contribution >= 0.6 is 34.8 Å². The van der Waals surface area contributed by atoms with Crippen molar-refractivity contribution >= 4 is 57.7 Å². The standard InChI is InChI=1S/C16H12Cl3N5/c1-10-2-3-13-12(8-10)14(23-15(22-13)16(17,18)19)24-21-9-11-4-6-20-7-5-11/h2-9H,1H3,(H,22,23,24). The van der Waals surface area contributed by atoms with E-state index >= 15 is 0 Å². The van der Waals surface area contributed by atoms with E-state index < -0.39 is 3.79 Å². The van der Waals surface area contributed by atoms with Crippen LogP contribution in [-0.2, 0) is 3.79 Å². The third kappa shape index (κ3) is 3.93. The molecule has 0 spiro atoms. The number of hydrogen-bond acceptors (Lipinski definition) is 5. The highest BCUT2D eigenvalue weighted by Crippen LogP contribution is 2.37. The number of benzene rings is 1. The van der Waals surface area contributed by atoms with E-state index in [1.54, 1.807) is 18.6 Å². The Bertz CT molecular complexity index is 891. The lowest BCUT2D eigenvalue weighted by Gasteiger charge is -2.13. The SMILES string of the molecule is Cc1ccc2nc(C(Cl)(Cl)Cl)nc(NN=Cc3ccncc3)c2c1. The number of hydrazone groups is 1. The number of pyridine rings is 1. The highest BCUT2D eigenvalue weighted by atomic mass is 35.6. The number of nitrogens with zero attached hydrogens (tertiary/aromatic N) is 4. The molecule has 3 aromatic rings. The van der Waals surface area contributed by atoms with Gasteiger partial charge in [-0.2, -0.15) is 5.10 Å². The Hall–Kier alpha value is -1.95. The van der Waals surface area contributed by atoms with Crippen LogP contribution in [0.15, 0.2) is 47.8 Å². The number of rotatable bonds is 3. The van der Waals surface area contributed by atoms with Crippen molar-refractivity contribution in [1.82, 2.24) is 15.0 Å². The van der Waals surface area contributed by atoms with Gasteiger partial charge in [0.05, 0.1) is 11.7 Å². The lowest BCUT2D eigenvalue weighted by Crippen LogP contribution is -2.09. The van der Waals surface area contributed by atoms with Crippen molar-refractivity contribution in [3.63, 3.8) is 0 Å². The van der Waals surface area contributed by atoms with Crippen LogP contribution in [0.2, 0.25) is 0 Å². The molecule has 0 aliphatic heterocycles. The summed E-state index contributed by atoms with van der Waals surface area (Å²) in [6.07, 6.45) is 5.03. The van der Waals surface area contributed by atoms with Crippen LogP contribution in [0.4, 0.5) is 5.82 Å². The van der Waals surface area contributed by atoms with Crippen molar-refractivity contribution in [2.75, 3.05) is 5.43 Å². The zero-order valence-corrected chi connectivity index (χ0v) is 14.8. The van der Waals surface area contributed by atoms with Gasteiger partial charge in [0, 0.05) is 17.8 Å². The average molecular weight is 381 g/mol. The second-order valence-electron chi connectivity index (χ2n) is 5.06. The van der Waals surface area contributed by atoms with Gasteiger partial charge in [0.2, 0.25) is 3.79 Å². The normalized spacial score (nSPS) is 12.0. The van der Waals surface area contributed by atoms with Crippen LogP contribution in [0.1, 0.15) is 17.0 Å². The fourth-order valence-electron chi connectivity index (χ4n) is 2.07. The van der Waals surface area contributed by atoms with E-state index in [2.05, 4.69) is 25.5 Å². The first-order valence-electron chi connectivity index (χ1n) is 6.98. The molecule has 0 saturated carbocycles. The van der Waals surface area contributed by atoms with Crippen LogP contribution in [0.25, 0.3) is 10.9 Å². The maximum absolute atomic E-state index is 5.92. The number of aromatic nitrogens is 3. The molecule has 0 atom stereocenters. The Morgan fingerprint density at radius 1 is 1.08 bits per heavy atom. The first-order valence-corrected chi connectivity index (χ1v) is 8.11. The second-order valence-corrected chi connectivity index (χ2v) is 7.35. The van der Waals surface area contributed by atoms with Gasteiger partial charge in [0.15, 0.2) is 11.6 Å². The summed E-state index contributed by atoms with van der Waals surface area (Å²) in [7, 11) is 0. The lowest BCUT2D eigenvalue weighted by atomic mass is 10.1. The van der Waals surface area contributed by atoms with E-state index in [-0.39, 0.29) is 5.82 Å². The Labute approximate surface area is 153 Å². The van der Waals surface area contributed by atoms with Gasteiger partial charge >= 0.3 is 0 Å². The van der Waals surface area contributed by atoms with Gasteiger partial charge in [-0.05, 0) is 36.8 Å². The zero-order valence-electron chi connectivity index (χ0n) is 12.5. The number of aryl methyl sites for hydroxylation is 1. The third-order valence-electron chi connectivity index (χ3n) is 3.19. The minimum atomic E-state index is -1.72. The molecule has 0 radical (unpaired) electrons. The second kappa shape index (κ2) is 6.89. The Kier molecular flexibility index (Phi) is 4.85. The predicted octanol–water partition coefficient (Wildman–Crippen LogP) is 4.61. The number of hydrogen-bond donors (Lipinski definition) is 1. The van der Waals surface area contributed by atoms with Gasteiger partial charge in [0.1, 0.15) is 0 Å². The lowest BCUT2D eigenvalue weighted by molar-refractivity contribution is 0.992. The topological polar surface area (TPSA) is 63.1 Å². The van der Waals surface area contributed by atoms with Crippen LogP contribution in [0.3, 0.4) is 0 Å². The fraction of sp³-hybridized carbons (Fsp3) is 0.125. The van der Waals surface area contributed by atoms with Crippen LogP contribution in [0, 0.1) is 6.92 Å². The highest BCUT2D eigenvalue weighted by molar-refractivity contribution is 6.66. The quantitative estimate of drug-likeness (QED) is 0.409. The minimum Gasteiger partial charge on any atom is -0.265 e. The molecule has 0 fully saturated rings. The van der Waals surface area contributed by atoms with E-state index in [1.807, 2.05) is 37.3 Å². The van der Waals surface area contributed by atoms with Crippen molar-refractivity contribution in [2.45, 2.75) is 10.7 Å². The molecule has 2 aromatic heterocycles. The molecule has 24 heavy (non-hydrogen) atoms. The number of anilines is 1. The Morgan fingerprint density at radius 2 is 1.83 bits per heavy atom. The van der Waals surface area contributed by atoms with Crippen molar-refractivity contribution in [2.24, 2.45) is 5.10 Å². The highest BCUT2D eigenvalue weighted by Gasteiger charge is 2.28. The molecule has 0 amide bonds. The summed E-state index contributed by atoms with van der Waals surface area (Å²) in [6, 6.07) is 9.40. The molecule has 5 nitrogen and oxygen atoms in total. The molecule has 0 saturated heterocycles. The maximum Gasteiger partial charge on any atom is 0.250 e. The first kappa shape index (κ1) is 16.9. The van der Waals surface area contributed by atoms with Gasteiger partial charge < -0.3 is 0 Å². The van der Waals surface area contributed by atoms with E-state index in [0.717, 1.165) is 16.5 Å². The smallest absolute Gasteiger partial charge is 0.250 e. The molecule has 0 bridgehead atoms. The molecule has 0 aliphatic rings. The summed E-state index contributed by atoms with van der Waals surface area (Å²) in [5.41, 5.74) is 5.52. The summed E-state index contributed by atoms with van der Waals surface area (Å²) in [5, 5.41) is 4.98. The summed E-state index contributed by atoms with van der Waals surface area (Å²) >= 11 is 17.8. The zero-order chi connectivity index (χ0) is 17.2. The molecule has 122 valence electrons. The number of halogens is 3. The summed E-state index contributed by atoms with van der Waals surface area (Å²) < 4.78 is -1.72. The van der Waals surface area contributed by atoms with Crippen LogP contribution in [0.5, 0.6) is 0 Å². The van der Waals surface area contributed by atoms with Crippen molar-refractivity contribution in [3.8, 4) is 0 Å². The Balaban J connectivity index is 2.01. The number of alkyl halides is 3. The minimum absolute atomic E-state index is 0.0884. The van der Waals surface area contributed by atoms with Crippen molar-refractivity contribution in [1.29, 1.82) is 0 Å². The van der Waals surface area contributed by atoms with Gasteiger partial charge in [-0.25, -0.2) is 9.97 Å². The van der Waals surface area contributed by atoms with Crippen LogP contribution in [-0.4, -0.2) is 21.2 Å². The predicted molar refractivity (Wildman–Crippen MR) is 99.0 cm³/mol. The number of nitrogens with one attached hydrogen (secondary N) is 1. The molecule has 2 heterocycles. The summed E-state index contributed by atoms with van der Waals surface area (Å²) in [4.78, 5) is 12.6. The largest absolute Gasteiger partial charge is 0.265 e. The van der Waals surface area contributed by atoms with E-state index in [4.69, 9.17) is 34.8 Å². The van der Waals surface area contributed by atoms with Gasteiger partial charge in [-0.3, -0.25) is 10.4 Å². The molecular weight excluding hydrogens is 369 g/mol. The first-order chi connectivity index (χ1) is 11.4. The van der Waals surface area contributed by atoms with E-state index in [1.165, 1.54) is 0 Å². The molecular formula is C16H12Cl3N5. The molecule has 0 aliphatic carbocycles. The third-order valence-corrected chi connectivity index (χ3v) is 3.70.